The van der Waals surface area contributed by atoms with Crippen LogP contribution in [0.4, 0.5) is 17.6 Å². The van der Waals surface area contributed by atoms with E-state index in [1.807, 2.05) is 18.7 Å². The number of carbonyl (C=O) groups is 2. The van der Waals surface area contributed by atoms with Crippen molar-refractivity contribution in [1.82, 2.24) is 15.1 Å². The number of nitrogens with zero attached hydrogens (tertiary/aromatic N) is 2. The average molecular weight is 622 g/mol. The Balaban J connectivity index is 1.71. The van der Waals surface area contributed by atoms with E-state index in [0.29, 0.717) is 25.1 Å². The Hall–Kier alpha value is -3.02. The Kier molecular flexibility index (Phi) is 10.7. The number of halogens is 4. The van der Waals surface area contributed by atoms with Gasteiger partial charge in [-0.2, -0.15) is 13.2 Å². The Morgan fingerprint density at radius 1 is 1.05 bits per heavy atom. The zero-order chi connectivity index (χ0) is 32.2. The number of phenolic OH excluding ortho intramolecular Hbond substituents is 1. The number of Topliss-reactive ketones (excluding diaryl/α,β-unsaturated/α-hetero) is 1. The van der Waals surface area contributed by atoms with Gasteiger partial charge in [0.15, 0.2) is 5.78 Å². The summed E-state index contributed by atoms with van der Waals surface area (Å²) in [6, 6.07) is 8.39. The fraction of sp³-hybridized carbons (Fsp3) is 0.576. The number of hydrogen-bond acceptors (Lipinski definition) is 6. The number of ketones is 1. The van der Waals surface area contributed by atoms with Gasteiger partial charge in [-0.25, -0.2) is 4.39 Å². The van der Waals surface area contributed by atoms with E-state index in [-0.39, 0.29) is 61.7 Å². The number of nitrogens with one attached hydrogen (secondary N) is 1. The highest BCUT2D eigenvalue weighted by atomic mass is 19.4. The third-order valence-electron chi connectivity index (χ3n) is 9.04. The number of aliphatic hydroxyl groups is 1. The van der Waals surface area contributed by atoms with Crippen LogP contribution in [0.25, 0.3) is 0 Å². The van der Waals surface area contributed by atoms with E-state index in [0.717, 1.165) is 11.3 Å². The summed E-state index contributed by atoms with van der Waals surface area (Å²) in [7, 11) is 0. The molecular weight excluding hydrogens is 578 g/mol. The van der Waals surface area contributed by atoms with Crippen LogP contribution in [0.15, 0.2) is 42.5 Å². The predicted octanol–water partition coefficient (Wildman–Crippen LogP) is 5.05. The summed E-state index contributed by atoms with van der Waals surface area (Å²) in [5.74, 6) is -4.44. The monoisotopic (exact) mass is 621 g/mol. The summed E-state index contributed by atoms with van der Waals surface area (Å²) < 4.78 is 57.0. The second-order valence-corrected chi connectivity index (χ2v) is 12.8. The van der Waals surface area contributed by atoms with Crippen LogP contribution in [0.3, 0.4) is 0 Å². The van der Waals surface area contributed by atoms with Gasteiger partial charge >= 0.3 is 6.18 Å². The molecule has 2 fully saturated rings. The first-order valence-electron chi connectivity index (χ1n) is 15.3. The zero-order valence-electron chi connectivity index (χ0n) is 25.5. The van der Waals surface area contributed by atoms with Crippen LogP contribution in [-0.2, 0) is 4.79 Å². The van der Waals surface area contributed by atoms with Crippen molar-refractivity contribution in [2.75, 3.05) is 39.3 Å². The fourth-order valence-corrected chi connectivity index (χ4v) is 6.62. The second kappa shape index (κ2) is 14.0. The van der Waals surface area contributed by atoms with E-state index in [1.54, 1.807) is 19.1 Å². The summed E-state index contributed by atoms with van der Waals surface area (Å²) in [5.41, 5.74) is 0.456. The number of hydrogen-bond donors (Lipinski definition) is 3. The molecule has 2 aromatic rings. The molecule has 4 rings (SSSR count). The smallest absolute Gasteiger partial charge is 0.408 e. The number of carbonyl (C=O) groups excluding carboxylic acids is 2. The number of benzene rings is 2. The summed E-state index contributed by atoms with van der Waals surface area (Å²) in [4.78, 5) is 31.2. The van der Waals surface area contributed by atoms with Gasteiger partial charge < -0.3 is 25.3 Å². The number of rotatable bonds is 11. The van der Waals surface area contributed by atoms with Crippen LogP contribution in [0.2, 0.25) is 0 Å². The molecular formula is C33H43F4N3O4. The molecule has 4 atom stereocenters. The summed E-state index contributed by atoms with van der Waals surface area (Å²) in [6.07, 6.45) is -3.13. The minimum Gasteiger partial charge on any atom is -0.508 e. The number of likely N-dealkylation sites (tertiary alicyclic amines) is 2. The van der Waals surface area contributed by atoms with Crippen molar-refractivity contribution in [3.05, 3.63) is 65.0 Å². The first-order chi connectivity index (χ1) is 20.7. The molecule has 0 aliphatic carbocycles. The number of piperidine rings is 1. The van der Waals surface area contributed by atoms with Gasteiger partial charge in [-0.15, -0.1) is 0 Å². The van der Waals surface area contributed by atoms with Crippen molar-refractivity contribution in [2.45, 2.75) is 70.1 Å². The van der Waals surface area contributed by atoms with Gasteiger partial charge in [-0.1, -0.05) is 24.3 Å². The molecule has 11 heteroatoms. The number of aromatic hydroxyl groups is 1. The summed E-state index contributed by atoms with van der Waals surface area (Å²) >= 11 is 0. The molecule has 2 aliphatic heterocycles. The van der Waals surface area contributed by atoms with Crippen LogP contribution in [0.5, 0.6) is 5.75 Å². The normalized spacial score (nSPS) is 23.2. The largest absolute Gasteiger partial charge is 0.508 e. The maximum absolute atomic E-state index is 14.9. The molecule has 2 heterocycles. The third-order valence-corrected chi connectivity index (χ3v) is 9.04. The van der Waals surface area contributed by atoms with E-state index in [2.05, 4.69) is 5.32 Å². The molecule has 44 heavy (non-hydrogen) atoms. The number of unbranched alkanes of at least 4 members (excludes halogenated alkanes) is 1. The molecule has 0 spiro atoms. The molecule has 0 bridgehead atoms. The number of amides is 1. The standard InChI is InChI=1S/C33H43F4N3O4/c1-21-24(11-7-12-27(21)34)29-25(30(43)22-9-6-10-23(42)17-22)18-39(15-5-4-14-38-32(2,3)20-41)19-26(29)31(44)40-16-8-13-28(40)33(35,36)37/h6-7,9-12,17,25-26,28-29,38,41-42H,4-5,8,13-16,18-20H2,1-3H3/t25-,26+,28-,29-/m0/s1. The minimum atomic E-state index is -4.59. The van der Waals surface area contributed by atoms with Crippen LogP contribution in [0, 0.1) is 24.6 Å². The van der Waals surface area contributed by atoms with E-state index < -0.39 is 47.2 Å². The van der Waals surface area contributed by atoms with Crippen molar-refractivity contribution in [3.8, 4) is 5.75 Å². The lowest BCUT2D eigenvalue weighted by Crippen LogP contribution is -2.55. The van der Waals surface area contributed by atoms with Gasteiger partial charge in [0.05, 0.1) is 12.5 Å². The molecule has 2 saturated heterocycles. The molecule has 0 unspecified atom stereocenters. The molecule has 7 nitrogen and oxygen atoms in total. The molecule has 0 aromatic heterocycles. The third kappa shape index (κ3) is 7.79. The van der Waals surface area contributed by atoms with Gasteiger partial charge in [0, 0.05) is 42.6 Å². The summed E-state index contributed by atoms with van der Waals surface area (Å²) in [6.45, 7) is 6.72. The molecule has 0 saturated carbocycles. The second-order valence-electron chi connectivity index (χ2n) is 12.8. The lowest BCUT2D eigenvalue weighted by atomic mass is 9.69. The zero-order valence-corrected chi connectivity index (χ0v) is 25.5. The molecule has 242 valence electrons. The van der Waals surface area contributed by atoms with Gasteiger partial charge in [-0.05, 0) is 88.9 Å². The SMILES string of the molecule is Cc1c(F)cccc1[C@H]1[C@@H](C(=O)c2cccc(O)c2)CN(CCCCNC(C)(C)CO)C[C@H]1C(=O)N1CCC[C@H]1C(F)(F)F. The molecule has 1 amide bonds. The fourth-order valence-electron chi connectivity index (χ4n) is 6.62. The van der Waals surface area contributed by atoms with Crippen LogP contribution >= 0.6 is 0 Å². The Bertz CT molecular complexity index is 1320. The van der Waals surface area contributed by atoms with Gasteiger partial charge in [0.2, 0.25) is 5.91 Å². The van der Waals surface area contributed by atoms with Gasteiger partial charge in [0.25, 0.3) is 0 Å². The van der Waals surface area contributed by atoms with E-state index in [1.165, 1.54) is 30.3 Å². The number of alkyl halides is 3. The molecule has 3 N–H and O–H groups in total. The molecule has 2 aromatic carbocycles. The number of aliphatic hydroxyl groups excluding tert-OH is 1. The van der Waals surface area contributed by atoms with Crippen molar-refractivity contribution in [1.29, 1.82) is 0 Å². The van der Waals surface area contributed by atoms with E-state index in [4.69, 9.17) is 0 Å². The lowest BCUT2D eigenvalue weighted by Gasteiger charge is -2.45. The highest BCUT2D eigenvalue weighted by molar-refractivity contribution is 5.99. The van der Waals surface area contributed by atoms with Gasteiger partial charge in [-0.3, -0.25) is 9.59 Å². The molecule has 2 aliphatic rings. The number of phenols is 1. The summed E-state index contributed by atoms with van der Waals surface area (Å²) in [5, 5.41) is 22.9. The highest BCUT2D eigenvalue weighted by Gasteiger charge is 2.52. The first kappa shape index (κ1) is 33.9. The maximum Gasteiger partial charge on any atom is 0.408 e. The lowest BCUT2D eigenvalue weighted by molar-refractivity contribution is -0.185. The van der Waals surface area contributed by atoms with Crippen molar-refractivity contribution in [3.63, 3.8) is 0 Å². The van der Waals surface area contributed by atoms with Crippen molar-refractivity contribution in [2.24, 2.45) is 11.8 Å². The van der Waals surface area contributed by atoms with Gasteiger partial charge in [0.1, 0.15) is 17.6 Å². The van der Waals surface area contributed by atoms with Crippen LogP contribution < -0.4 is 5.32 Å². The van der Waals surface area contributed by atoms with Crippen molar-refractivity contribution >= 4 is 11.7 Å². The van der Waals surface area contributed by atoms with E-state index in [9.17, 15) is 37.4 Å². The van der Waals surface area contributed by atoms with Crippen molar-refractivity contribution < 1.29 is 37.4 Å². The average Bonchev–Trinajstić information content (AvgIpc) is 3.48. The maximum atomic E-state index is 14.9. The van der Waals surface area contributed by atoms with Crippen LogP contribution in [0.1, 0.15) is 66.9 Å². The predicted molar refractivity (Wildman–Crippen MR) is 159 cm³/mol. The highest BCUT2D eigenvalue weighted by Crippen LogP contribution is 2.44. The van der Waals surface area contributed by atoms with Crippen LogP contribution in [-0.4, -0.2) is 88.8 Å². The topological polar surface area (TPSA) is 93.1 Å². The Labute approximate surface area is 256 Å². The first-order valence-corrected chi connectivity index (χ1v) is 15.3. The minimum absolute atomic E-state index is 0.0297. The Morgan fingerprint density at radius 2 is 1.75 bits per heavy atom. The molecule has 0 radical (unpaired) electrons. The van der Waals surface area contributed by atoms with E-state index >= 15 is 0 Å². The quantitative estimate of drug-likeness (QED) is 0.185. The Morgan fingerprint density at radius 3 is 2.43 bits per heavy atom.